The fourth-order valence-corrected chi connectivity index (χ4v) is 2.49. The lowest BCUT2D eigenvalue weighted by Crippen LogP contribution is -2.34. The van der Waals surface area contributed by atoms with Crippen LogP contribution in [0.25, 0.3) is 5.69 Å². The molecule has 8 nitrogen and oxygen atoms in total. The molecule has 2 heterocycles. The number of rotatable bonds is 5. The predicted molar refractivity (Wildman–Crippen MR) is 81.9 cm³/mol. The van der Waals surface area contributed by atoms with E-state index < -0.39 is 11.8 Å². The Bertz CT molecular complexity index is 788. The minimum absolute atomic E-state index is 0.0508. The van der Waals surface area contributed by atoms with Crippen molar-refractivity contribution in [3.05, 3.63) is 47.6 Å². The first-order chi connectivity index (χ1) is 11.1. The van der Waals surface area contributed by atoms with Gasteiger partial charge in [0.25, 0.3) is 11.8 Å². The molecule has 9 heteroatoms. The summed E-state index contributed by atoms with van der Waals surface area (Å²) < 4.78 is 1.46. The van der Waals surface area contributed by atoms with Crippen LogP contribution in [0, 0.1) is 0 Å². The molecule has 2 aromatic rings. The Morgan fingerprint density at radius 1 is 1.30 bits per heavy atom. The molecular weight excluding hydrogens is 322 g/mol. The molecular formula is C14H12ClN5O3. The lowest BCUT2D eigenvalue weighted by molar-refractivity contribution is -0.137. The average molecular weight is 334 g/mol. The van der Waals surface area contributed by atoms with Gasteiger partial charge in [0.2, 0.25) is 0 Å². The highest BCUT2D eigenvalue weighted by atomic mass is 35.5. The Morgan fingerprint density at radius 2 is 2.13 bits per heavy atom. The van der Waals surface area contributed by atoms with E-state index in [1.54, 1.807) is 18.2 Å². The summed E-state index contributed by atoms with van der Waals surface area (Å²) in [5.74, 6) is -0.982. The molecule has 0 bridgehead atoms. The van der Waals surface area contributed by atoms with Crippen molar-refractivity contribution in [2.45, 2.75) is 0 Å². The zero-order chi connectivity index (χ0) is 16.4. The molecule has 1 aliphatic heterocycles. The van der Waals surface area contributed by atoms with Gasteiger partial charge in [-0.25, -0.2) is 9.67 Å². The van der Waals surface area contributed by atoms with Gasteiger partial charge in [-0.15, -0.1) is 0 Å². The smallest absolute Gasteiger partial charge is 0.277 e. The van der Waals surface area contributed by atoms with Crippen LogP contribution >= 0.6 is 11.6 Å². The molecule has 0 unspecified atom stereocenters. The van der Waals surface area contributed by atoms with Gasteiger partial charge in [-0.1, -0.05) is 17.7 Å². The summed E-state index contributed by atoms with van der Waals surface area (Å²) in [6.07, 6.45) is 4.02. The molecule has 1 aromatic carbocycles. The highest BCUT2D eigenvalue weighted by Gasteiger charge is 2.31. The van der Waals surface area contributed by atoms with Crippen LogP contribution in [0.4, 0.5) is 5.69 Å². The third-order valence-electron chi connectivity index (χ3n) is 3.24. The predicted octanol–water partition coefficient (Wildman–Crippen LogP) is 0.578. The van der Waals surface area contributed by atoms with Crippen LogP contribution in [-0.4, -0.2) is 49.7 Å². The number of hydrogen-bond acceptors (Lipinski definition) is 6. The van der Waals surface area contributed by atoms with Crippen molar-refractivity contribution in [2.24, 2.45) is 0 Å². The molecule has 0 saturated carbocycles. The zero-order valence-corrected chi connectivity index (χ0v) is 12.6. The molecule has 2 amide bonds. The van der Waals surface area contributed by atoms with E-state index in [1.165, 1.54) is 23.4 Å². The van der Waals surface area contributed by atoms with Crippen molar-refractivity contribution in [3.63, 3.8) is 0 Å². The molecule has 1 aliphatic rings. The van der Waals surface area contributed by atoms with Crippen molar-refractivity contribution >= 4 is 29.1 Å². The van der Waals surface area contributed by atoms with E-state index in [4.69, 9.17) is 16.7 Å². The van der Waals surface area contributed by atoms with Crippen LogP contribution < -0.4 is 5.32 Å². The minimum Gasteiger partial charge on any atom is -0.395 e. The maximum Gasteiger partial charge on any atom is 0.277 e. The number of halogens is 1. The van der Waals surface area contributed by atoms with Gasteiger partial charge in [0.1, 0.15) is 24.0 Å². The normalized spacial score (nSPS) is 14.3. The van der Waals surface area contributed by atoms with Crippen molar-refractivity contribution in [1.29, 1.82) is 0 Å². The Morgan fingerprint density at radius 3 is 2.83 bits per heavy atom. The number of benzene rings is 1. The molecule has 1 aromatic heterocycles. The van der Waals surface area contributed by atoms with Crippen molar-refractivity contribution in [2.75, 3.05) is 18.5 Å². The van der Waals surface area contributed by atoms with E-state index in [9.17, 15) is 9.59 Å². The molecule has 3 rings (SSSR count). The Labute approximate surface area is 136 Å². The largest absolute Gasteiger partial charge is 0.395 e. The van der Waals surface area contributed by atoms with Gasteiger partial charge >= 0.3 is 0 Å². The number of hydrogen-bond donors (Lipinski definition) is 2. The van der Waals surface area contributed by atoms with E-state index in [1.807, 2.05) is 0 Å². The number of amides is 2. The van der Waals surface area contributed by atoms with Crippen LogP contribution in [0.5, 0.6) is 0 Å². The fourth-order valence-electron chi connectivity index (χ4n) is 2.23. The summed E-state index contributed by atoms with van der Waals surface area (Å²) in [6, 6.07) is 5.09. The Kier molecular flexibility index (Phi) is 4.09. The van der Waals surface area contributed by atoms with E-state index in [2.05, 4.69) is 15.4 Å². The molecule has 118 valence electrons. The van der Waals surface area contributed by atoms with Gasteiger partial charge in [-0.05, 0) is 12.1 Å². The molecule has 0 radical (unpaired) electrons. The number of nitrogens with zero attached hydrogens (tertiary/aromatic N) is 4. The number of carbonyl (C=O) groups excluding carboxylic acids is 2. The van der Waals surface area contributed by atoms with Crippen molar-refractivity contribution < 1.29 is 14.7 Å². The monoisotopic (exact) mass is 333 g/mol. The first-order valence-electron chi connectivity index (χ1n) is 6.70. The Hall–Kier alpha value is -2.71. The second-order valence-corrected chi connectivity index (χ2v) is 5.08. The molecule has 0 fully saturated rings. The van der Waals surface area contributed by atoms with Gasteiger partial charge in [0.05, 0.1) is 23.9 Å². The molecule has 0 aliphatic carbocycles. The summed E-state index contributed by atoms with van der Waals surface area (Å²) >= 11 is 6.21. The highest BCUT2D eigenvalue weighted by molar-refractivity contribution is 6.33. The van der Waals surface area contributed by atoms with E-state index in [-0.39, 0.29) is 18.8 Å². The van der Waals surface area contributed by atoms with Gasteiger partial charge in [-0.2, -0.15) is 5.10 Å². The number of carbonyl (C=O) groups is 2. The number of aromatic nitrogens is 3. The van der Waals surface area contributed by atoms with E-state index in [0.717, 1.165) is 4.90 Å². The summed E-state index contributed by atoms with van der Waals surface area (Å²) in [5.41, 5.74) is 1.11. The fraction of sp³-hybridized carbons (Fsp3) is 0.143. The van der Waals surface area contributed by atoms with Gasteiger partial charge in [-0.3, -0.25) is 14.5 Å². The first-order valence-corrected chi connectivity index (χ1v) is 7.08. The number of aliphatic hydroxyl groups excluding tert-OH is 1. The summed E-state index contributed by atoms with van der Waals surface area (Å²) in [7, 11) is 0. The van der Waals surface area contributed by atoms with Crippen LogP contribution in [0.15, 0.2) is 42.6 Å². The topological polar surface area (TPSA) is 100 Å². The van der Waals surface area contributed by atoms with Crippen LogP contribution in [0.2, 0.25) is 5.02 Å². The van der Waals surface area contributed by atoms with E-state index in [0.29, 0.717) is 16.4 Å². The quantitative estimate of drug-likeness (QED) is 0.776. The summed E-state index contributed by atoms with van der Waals surface area (Å²) in [5, 5.41) is 16.3. The molecule has 0 saturated heterocycles. The van der Waals surface area contributed by atoms with Crippen LogP contribution in [0.1, 0.15) is 0 Å². The van der Waals surface area contributed by atoms with Crippen LogP contribution in [-0.2, 0) is 9.59 Å². The molecule has 23 heavy (non-hydrogen) atoms. The maximum absolute atomic E-state index is 12.2. The second kappa shape index (κ2) is 6.19. The molecule has 0 atom stereocenters. The summed E-state index contributed by atoms with van der Waals surface area (Å²) in [6.45, 7) is -0.342. The lowest BCUT2D eigenvalue weighted by Gasteiger charge is -2.15. The lowest BCUT2D eigenvalue weighted by atomic mass is 10.2. The number of anilines is 1. The standard InChI is InChI=1S/C14H12ClN5O3/c15-9-2-1-3-10(13(9)20-8-16-7-17-20)18-11-6-12(22)19(4-5-21)14(11)23/h1-3,6-8,18,21H,4-5H2. The molecule has 0 spiro atoms. The second-order valence-electron chi connectivity index (χ2n) is 4.68. The third kappa shape index (κ3) is 2.81. The maximum atomic E-state index is 12.2. The average Bonchev–Trinajstić information content (AvgIpc) is 3.12. The Balaban J connectivity index is 1.93. The number of nitrogens with one attached hydrogen (secondary N) is 1. The minimum atomic E-state index is -0.506. The number of para-hydroxylation sites is 1. The number of aliphatic hydroxyl groups is 1. The zero-order valence-electron chi connectivity index (χ0n) is 11.8. The van der Waals surface area contributed by atoms with E-state index >= 15 is 0 Å². The SMILES string of the molecule is O=C1C=C(Nc2cccc(Cl)c2-n2cncn2)C(=O)N1CCO. The van der Waals surface area contributed by atoms with Gasteiger partial charge in [0, 0.05) is 6.08 Å². The number of β-amino-alcohol motifs (C(OH)–C–C–N with tert-alkyl or cyclic N) is 1. The van der Waals surface area contributed by atoms with Crippen LogP contribution in [0.3, 0.4) is 0 Å². The van der Waals surface area contributed by atoms with Gasteiger partial charge < -0.3 is 10.4 Å². The van der Waals surface area contributed by atoms with Crippen molar-refractivity contribution in [3.8, 4) is 5.69 Å². The molecule has 2 N–H and O–H groups in total. The van der Waals surface area contributed by atoms with Crippen molar-refractivity contribution in [1.82, 2.24) is 19.7 Å². The van der Waals surface area contributed by atoms with Gasteiger partial charge in [0.15, 0.2) is 0 Å². The first kappa shape index (κ1) is 15.2. The third-order valence-corrected chi connectivity index (χ3v) is 3.54. The summed E-state index contributed by atoms with van der Waals surface area (Å²) in [4.78, 5) is 28.8. The highest BCUT2D eigenvalue weighted by Crippen LogP contribution is 2.29. The number of imide groups is 1.